The molecule has 2 heterocycles. The number of hydrogen-bond acceptors (Lipinski definition) is 3. The van der Waals surface area contributed by atoms with Gasteiger partial charge in [0.25, 0.3) is 0 Å². The van der Waals surface area contributed by atoms with Gasteiger partial charge in [0.15, 0.2) is 0 Å². The Morgan fingerprint density at radius 2 is 1.87 bits per heavy atom. The minimum Gasteiger partial charge on any atom is -0.271 e. The van der Waals surface area contributed by atoms with Crippen LogP contribution >= 0.6 is 0 Å². The molecule has 0 saturated heterocycles. The molecule has 0 atom stereocenters. The van der Waals surface area contributed by atoms with Gasteiger partial charge in [0, 0.05) is 0 Å². The first-order chi connectivity index (χ1) is 7.11. The van der Waals surface area contributed by atoms with E-state index in [0.717, 1.165) is 11.5 Å². The van der Waals surface area contributed by atoms with Crippen LogP contribution in [0, 0.1) is 0 Å². The van der Waals surface area contributed by atoms with E-state index in [1.807, 2.05) is 4.40 Å². The summed E-state index contributed by atoms with van der Waals surface area (Å²) in [6, 6.07) is 0. The second-order valence-electron chi connectivity index (χ2n) is 4.37. The molecule has 0 unspecified atom stereocenters. The highest BCUT2D eigenvalue weighted by molar-refractivity contribution is 5.37. The van der Waals surface area contributed by atoms with Crippen molar-refractivity contribution in [2.24, 2.45) is 0 Å². The average molecular weight is 204 g/mol. The molecule has 0 saturated carbocycles. The summed E-state index contributed by atoms with van der Waals surface area (Å²) in [6.07, 6.45) is 3.33. The van der Waals surface area contributed by atoms with Gasteiger partial charge in [-0.25, -0.2) is 15.0 Å². The summed E-state index contributed by atoms with van der Waals surface area (Å²) in [7, 11) is 0. The molecule has 0 aromatic carbocycles. The number of fused-ring (bicyclic) bond motifs is 1. The Bertz CT molecular complexity index is 470. The molecule has 0 radical (unpaired) electrons. The lowest BCUT2D eigenvalue weighted by Crippen LogP contribution is -2.01. The van der Waals surface area contributed by atoms with Gasteiger partial charge in [0.2, 0.25) is 5.78 Å². The van der Waals surface area contributed by atoms with Crippen LogP contribution in [0.4, 0.5) is 0 Å². The van der Waals surface area contributed by atoms with Crippen molar-refractivity contribution in [3.05, 3.63) is 24.0 Å². The maximum Gasteiger partial charge on any atom is 0.236 e. The predicted octanol–water partition coefficient (Wildman–Crippen LogP) is 2.37. The quantitative estimate of drug-likeness (QED) is 0.754. The van der Waals surface area contributed by atoms with Crippen molar-refractivity contribution in [2.45, 2.75) is 39.5 Å². The molecule has 0 bridgehead atoms. The van der Waals surface area contributed by atoms with Crippen LogP contribution in [0.5, 0.6) is 0 Å². The third kappa shape index (κ3) is 1.60. The van der Waals surface area contributed by atoms with Crippen LogP contribution in [0.3, 0.4) is 0 Å². The molecule has 4 nitrogen and oxygen atoms in total. The van der Waals surface area contributed by atoms with E-state index in [9.17, 15) is 0 Å². The highest BCUT2D eigenvalue weighted by Crippen LogP contribution is 2.25. The maximum atomic E-state index is 4.55. The molecule has 4 heteroatoms. The van der Waals surface area contributed by atoms with E-state index in [4.69, 9.17) is 0 Å². The SMILES string of the molecule is CC(C)c1nc2ncncn2c1C(C)C. The summed E-state index contributed by atoms with van der Waals surface area (Å²) in [5, 5.41) is 0. The Morgan fingerprint density at radius 3 is 2.47 bits per heavy atom. The van der Waals surface area contributed by atoms with Gasteiger partial charge < -0.3 is 0 Å². The molecule has 2 aromatic rings. The van der Waals surface area contributed by atoms with Crippen molar-refractivity contribution in [3.8, 4) is 0 Å². The predicted molar refractivity (Wildman–Crippen MR) is 59.0 cm³/mol. The molecular formula is C11H16N4. The molecule has 0 aliphatic heterocycles. The summed E-state index contributed by atoms with van der Waals surface area (Å²) in [5.74, 6) is 1.60. The maximum absolute atomic E-state index is 4.55. The molecule has 0 spiro atoms. The molecule has 80 valence electrons. The van der Waals surface area contributed by atoms with Gasteiger partial charge >= 0.3 is 0 Å². The monoisotopic (exact) mass is 204 g/mol. The van der Waals surface area contributed by atoms with Crippen molar-refractivity contribution in [3.63, 3.8) is 0 Å². The average Bonchev–Trinajstić information content (AvgIpc) is 2.56. The van der Waals surface area contributed by atoms with Crippen LogP contribution in [0.1, 0.15) is 50.9 Å². The van der Waals surface area contributed by atoms with E-state index in [1.165, 1.54) is 12.0 Å². The Kier molecular flexibility index (Phi) is 2.42. The summed E-state index contributed by atoms with van der Waals surface area (Å²) < 4.78 is 1.99. The Labute approximate surface area is 89.4 Å². The first-order valence-electron chi connectivity index (χ1n) is 5.29. The molecule has 2 rings (SSSR count). The van der Waals surface area contributed by atoms with Crippen molar-refractivity contribution in [1.29, 1.82) is 0 Å². The molecule has 0 amide bonds. The van der Waals surface area contributed by atoms with Crippen molar-refractivity contribution < 1.29 is 0 Å². The lowest BCUT2D eigenvalue weighted by Gasteiger charge is -2.09. The Morgan fingerprint density at radius 1 is 1.13 bits per heavy atom. The fourth-order valence-electron chi connectivity index (χ4n) is 1.84. The van der Waals surface area contributed by atoms with E-state index >= 15 is 0 Å². The Hall–Kier alpha value is -1.45. The third-order valence-corrected chi connectivity index (χ3v) is 2.47. The lowest BCUT2D eigenvalue weighted by molar-refractivity contribution is 0.741. The molecule has 0 N–H and O–H groups in total. The van der Waals surface area contributed by atoms with Gasteiger partial charge in [-0.3, -0.25) is 4.40 Å². The molecule has 0 aliphatic rings. The van der Waals surface area contributed by atoms with E-state index in [2.05, 4.69) is 42.6 Å². The molecule has 2 aromatic heterocycles. The van der Waals surface area contributed by atoms with Crippen molar-refractivity contribution >= 4 is 5.78 Å². The van der Waals surface area contributed by atoms with Crippen molar-refractivity contribution in [2.75, 3.05) is 0 Å². The topological polar surface area (TPSA) is 43.1 Å². The fourth-order valence-corrected chi connectivity index (χ4v) is 1.84. The zero-order chi connectivity index (χ0) is 11.0. The van der Waals surface area contributed by atoms with Crippen LogP contribution in [0.2, 0.25) is 0 Å². The summed E-state index contributed by atoms with van der Waals surface area (Å²) >= 11 is 0. The lowest BCUT2D eigenvalue weighted by atomic mass is 10.0. The largest absolute Gasteiger partial charge is 0.271 e. The van der Waals surface area contributed by atoms with Crippen molar-refractivity contribution in [1.82, 2.24) is 19.4 Å². The molecule has 0 aliphatic carbocycles. The van der Waals surface area contributed by atoms with Crippen LogP contribution in [0.25, 0.3) is 5.78 Å². The van der Waals surface area contributed by atoms with E-state index < -0.39 is 0 Å². The first-order valence-corrected chi connectivity index (χ1v) is 5.29. The number of rotatable bonds is 2. The van der Waals surface area contributed by atoms with Gasteiger partial charge in [0.05, 0.1) is 11.4 Å². The second kappa shape index (κ2) is 3.61. The number of hydrogen-bond donors (Lipinski definition) is 0. The zero-order valence-corrected chi connectivity index (χ0v) is 9.60. The van der Waals surface area contributed by atoms with Gasteiger partial charge in [-0.1, -0.05) is 27.7 Å². The van der Waals surface area contributed by atoms with Crippen LogP contribution < -0.4 is 0 Å². The zero-order valence-electron chi connectivity index (χ0n) is 9.60. The number of aromatic nitrogens is 4. The van der Waals surface area contributed by atoms with Gasteiger partial charge in [-0.05, 0) is 11.8 Å². The Balaban J connectivity index is 2.75. The normalized spacial score (nSPS) is 11.9. The van der Waals surface area contributed by atoms with Crippen LogP contribution in [-0.2, 0) is 0 Å². The van der Waals surface area contributed by atoms with Gasteiger partial charge in [0.1, 0.15) is 12.7 Å². The van der Waals surface area contributed by atoms with E-state index in [1.54, 1.807) is 6.33 Å². The fraction of sp³-hybridized carbons (Fsp3) is 0.545. The molecular weight excluding hydrogens is 188 g/mol. The standard InChI is InChI=1S/C11H16N4/c1-7(2)9-10(8(3)4)15-6-12-5-13-11(15)14-9/h5-8H,1-4H3. The number of nitrogens with zero attached hydrogens (tertiary/aromatic N) is 4. The summed E-state index contributed by atoms with van der Waals surface area (Å²) in [5.41, 5.74) is 2.35. The minimum atomic E-state index is 0.420. The summed E-state index contributed by atoms with van der Waals surface area (Å²) in [6.45, 7) is 8.65. The van der Waals surface area contributed by atoms with Crippen LogP contribution in [-0.4, -0.2) is 19.4 Å². The second-order valence-corrected chi connectivity index (χ2v) is 4.37. The summed E-state index contributed by atoms with van der Waals surface area (Å²) in [4.78, 5) is 12.8. The number of imidazole rings is 1. The highest BCUT2D eigenvalue weighted by atomic mass is 15.1. The third-order valence-electron chi connectivity index (χ3n) is 2.47. The smallest absolute Gasteiger partial charge is 0.236 e. The van der Waals surface area contributed by atoms with E-state index in [0.29, 0.717) is 11.8 Å². The first kappa shape index (κ1) is 10.1. The van der Waals surface area contributed by atoms with Crippen LogP contribution in [0.15, 0.2) is 12.7 Å². The molecule has 15 heavy (non-hydrogen) atoms. The highest BCUT2D eigenvalue weighted by Gasteiger charge is 2.17. The van der Waals surface area contributed by atoms with Gasteiger partial charge in [-0.2, -0.15) is 0 Å². The van der Waals surface area contributed by atoms with Gasteiger partial charge in [-0.15, -0.1) is 0 Å². The minimum absolute atomic E-state index is 0.420. The molecule has 0 fully saturated rings. The van der Waals surface area contributed by atoms with E-state index in [-0.39, 0.29) is 0 Å².